The van der Waals surface area contributed by atoms with Crippen LogP contribution in [0, 0.1) is 0 Å². The summed E-state index contributed by atoms with van der Waals surface area (Å²) in [5.41, 5.74) is 3.14. The van der Waals surface area contributed by atoms with Crippen LogP contribution in [0.2, 0.25) is 0 Å². The Hall–Kier alpha value is -1.88. The van der Waals surface area contributed by atoms with Crippen molar-refractivity contribution in [3.8, 4) is 0 Å². The lowest BCUT2D eigenvalue weighted by molar-refractivity contribution is -0.137. The molecule has 1 unspecified atom stereocenters. The lowest BCUT2D eigenvalue weighted by Crippen LogP contribution is -2.36. The third-order valence-electron chi connectivity index (χ3n) is 4.28. The molecule has 1 aliphatic heterocycles. The number of hydrogen-bond donors (Lipinski definition) is 3. The zero-order valence-electron chi connectivity index (χ0n) is 13.7. The Morgan fingerprint density at radius 3 is 2.87 bits per heavy atom. The number of fused-ring (bicyclic) bond motifs is 1. The number of carbonyl (C=O) groups is 2. The Kier molecular flexibility index (Phi) is 6.59. The fourth-order valence-corrected chi connectivity index (χ4v) is 2.94. The third-order valence-corrected chi connectivity index (χ3v) is 4.28. The van der Waals surface area contributed by atoms with Gasteiger partial charge in [0.2, 0.25) is 0 Å². The van der Waals surface area contributed by atoms with Gasteiger partial charge in [-0.05, 0) is 56.0 Å². The second-order valence-electron chi connectivity index (χ2n) is 6.03. The Balaban J connectivity index is 1.80. The molecule has 0 aliphatic carbocycles. The van der Waals surface area contributed by atoms with Crippen molar-refractivity contribution in [3.63, 3.8) is 0 Å². The average molecular weight is 318 g/mol. The summed E-state index contributed by atoms with van der Waals surface area (Å²) >= 11 is 0. The van der Waals surface area contributed by atoms with E-state index in [9.17, 15) is 9.59 Å². The first-order chi connectivity index (χ1) is 11.1. The van der Waals surface area contributed by atoms with Crippen LogP contribution in [0.1, 0.15) is 54.9 Å². The van der Waals surface area contributed by atoms with Crippen LogP contribution >= 0.6 is 0 Å². The van der Waals surface area contributed by atoms with Gasteiger partial charge in [-0.3, -0.25) is 9.59 Å². The first kappa shape index (κ1) is 17.5. The van der Waals surface area contributed by atoms with Crippen LogP contribution in [0.25, 0.3) is 0 Å². The number of rotatable bonds is 10. The van der Waals surface area contributed by atoms with Gasteiger partial charge in [0.15, 0.2) is 5.78 Å². The molecule has 1 aliphatic rings. The van der Waals surface area contributed by atoms with Crippen molar-refractivity contribution in [2.75, 3.05) is 18.4 Å². The maximum absolute atomic E-state index is 12.6. The van der Waals surface area contributed by atoms with E-state index in [1.807, 2.05) is 25.1 Å². The number of ketones is 1. The van der Waals surface area contributed by atoms with E-state index >= 15 is 0 Å². The lowest BCUT2D eigenvalue weighted by atomic mass is 9.99. The summed E-state index contributed by atoms with van der Waals surface area (Å²) in [6, 6.07) is 5.74. The maximum atomic E-state index is 12.6. The van der Waals surface area contributed by atoms with Gasteiger partial charge in [-0.1, -0.05) is 13.3 Å². The molecule has 1 aromatic rings. The van der Waals surface area contributed by atoms with Crippen LogP contribution in [-0.4, -0.2) is 36.0 Å². The maximum Gasteiger partial charge on any atom is 0.303 e. The van der Waals surface area contributed by atoms with Crippen LogP contribution in [0.4, 0.5) is 5.69 Å². The summed E-state index contributed by atoms with van der Waals surface area (Å²) in [5, 5.41) is 15.2. The molecule has 23 heavy (non-hydrogen) atoms. The van der Waals surface area contributed by atoms with Gasteiger partial charge in [0.05, 0.1) is 6.04 Å². The second kappa shape index (κ2) is 8.67. The number of nitrogens with one attached hydrogen (secondary N) is 2. The van der Waals surface area contributed by atoms with Gasteiger partial charge in [0.1, 0.15) is 0 Å². The van der Waals surface area contributed by atoms with Crippen molar-refractivity contribution in [2.24, 2.45) is 0 Å². The topological polar surface area (TPSA) is 78.4 Å². The minimum Gasteiger partial charge on any atom is -0.481 e. The molecule has 0 amide bonds. The molecule has 0 saturated carbocycles. The molecule has 5 heteroatoms. The van der Waals surface area contributed by atoms with E-state index in [2.05, 4.69) is 10.6 Å². The predicted molar refractivity (Wildman–Crippen MR) is 91.2 cm³/mol. The molecule has 0 spiro atoms. The largest absolute Gasteiger partial charge is 0.481 e. The first-order valence-electron chi connectivity index (χ1n) is 8.48. The highest BCUT2D eigenvalue weighted by molar-refractivity contribution is 6.00. The van der Waals surface area contributed by atoms with Crippen molar-refractivity contribution in [2.45, 2.75) is 51.5 Å². The van der Waals surface area contributed by atoms with Crippen LogP contribution < -0.4 is 10.6 Å². The first-order valence-corrected chi connectivity index (χ1v) is 8.48. The van der Waals surface area contributed by atoms with Gasteiger partial charge in [0, 0.05) is 24.2 Å². The summed E-state index contributed by atoms with van der Waals surface area (Å²) in [6.07, 6.45) is 4.41. The molecule has 1 atom stereocenters. The number of anilines is 1. The van der Waals surface area contributed by atoms with Crippen molar-refractivity contribution < 1.29 is 14.7 Å². The summed E-state index contributed by atoms with van der Waals surface area (Å²) in [6.45, 7) is 3.70. The van der Waals surface area contributed by atoms with Crippen molar-refractivity contribution in [1.82, 2.24) is 5.32 Å². The smallest absolute Gasteiger partial charge is 0.303 e. The quantitative estimate of drug-likeness (QED) is 0.457. The molecule has 3 N–H and O–H groups in total. The molecule has 5 nitrogen and oxygen atoms in total. The number of carbonyl (C=O) groups excluding carboxylic acids is 1. The summed E-state index contributed by atoms with van der Waals surface area (Å²) < 4.78 is 0. The van der Waals surface area contributed by atoms with Gasteiger partial charge in [-0.2, -0.15) is 0 Å². The molecule has 126 valence electrons. The molecule has 0 aromatic heterocycles. The minimum atomic E-state index is -0.745. The lowest BCUT2D eigenvalue weighted by Gasteiger charge is -2.16. The van der Waals surface area contributed by atoms with Gasteiger partial charge >= 0.3 is 5.97 Å². The highest BCUT2D eigenvalue weighted by Crippen LogP contribution is 2.23. The molecule has 2 rings (SSSR count). The predicted octanol–water partition coefficient (Wildman–Crippen LogP) is 2.85. The standard InChI is InChI=1S/C18H26N2O3/c1-2-15(19-10-5-3-4-6-17(21)22)18(23)14-7-8-16-13(12-14)9-11-20-16/h7-8,12,15,19-20H,2-6,9-11H2,1H3,(H,21,22). The molecule has 1 heterocycles. The number of aliphatic carboxylic acids is 1. The number of carboxylic acids is 1. The SMILES string of the molecule is CCC(NCCCCCC(=O)O)C(=O)c1ccc2c(c1)CCN2. The molecular formula is C18H26N2O3. The van der Waals surface area contributed by atoms with E-state index in [0.29, 0.717) is 6.42 Å². The zero-order chi connectivity index (χ0) is 16.7. The van der Waals surface area contributed by atoms with Gasteiger partial charge < -0.3 is 15.7 Å². The van der Waals surface area contributed by atoms with E-state index in [1.54, 1.807) is 0 Å². The molecule has 0 bridgehead atoms. The van der Waals surface area contributed by atoms with Gasteiger partial charge in [-0.25, -0.2) is 0 Å². The Labute approximate surface area is 137 Å². The monoisotopic (exact) mass is 318 g/mol. The fourth-order valence-electron chi connectivity index (χ4n) is 2.94. The van der Waals surface area contributed by atoms with Crippen LogP contribution in [0.3, 0.4) is 0 Å². The van der Waals surface area contributed by atoms with E-state index in [4.69, 9.17) is 5.11 Å². The van der Waals surface area contributed by atoms with E-state index < -0.39 is 5.97 Å². The van der Waals surface area contributed by atoms with Crippen molar-refractivity contribution in [3.05, 3.63) is 29.3 Å². The van der Waals surface area contributed by atoms with Crippen molar-refractivity contribution >= 4 is 17.4 Å². The highest BCUT2D eigenvalue weighted by atomic mass is 16.4. The number of Topliss-reactive ketones (excluding diaryl/α,β-unsaturated/α-hetero) is 1. The van der Waals surface area contributed by atoms with Crippen LogP contribution in [0.15, 0.2) is 18.2 Å². The Morgan fingerprint density at radius 2 is 2.13 bits per heavy atom. The van der Waals surface area contributed by atoms with E-state index in [-0.39, 0.29) is 18.2 Å². The number of hydrogen-bond acceptors (Lipinski definition) is 4. The molecule has 0 saturated heterocycles. The second-order valence-corrected chi connectivity index (χ2v) is 6.03. The van der Waals surface area contributed by atoms with E-state index in [0.717, 1.165) is 50.0 Å². The minimum absolute atomic E-state index is 0.146. The molecule has 0 fully saturated rings. The number of carboxylic acid groups (broad SMARTS) is 1. The zero-order valence-corrected chi connectivity index (χ0v) is 13.7. The number of unbranched alkanes of at least 4 members (excludes halogenated alkanes) is 2. The highest BCUT2D eigenvalue weighted by Gasteiger charge is 2.19. The summed E-state index contributed by atoms with van der Waals surface area (Å²) in [4.78, 5) is 23.1. The molecule has 1 aromatic carbocycles. The molecular weight excluding hydrogens is 292 g/mol. The Bertz CT molecular complexity index is 557. The Morgan fingerprint density at radius 1 is 1.30 bits per heavy atom. The average Bonchev–Trinajstić information content (AvgIpc) is 3.01. The third kappa shape index (κ3) is 5.06. The van der Waals surface area contributed by atoms with Crippen LogP contribution in [-0.2, 0) is 11.2 Å². The molecule has 0 radical (unpaired) electrons. The van der Waals surface area contributed by atoms with E-state index in [1.165, 1.54) is 5.56 Å². The summed E-state index contributed by atoms with van der Waals surface area (Å²) in [7, 11) is 0. The normalized spacial score (nSPS) is 14.1. The van der Waals surface area contributed by atoms with Gasteiger partial charge in [-0.15, -0.1) is 0 Å². The van der Waals surface area contributed by atoms with Crippen molar-refractivity contribution in [1.29, 1.82) is 0 Å². The van der Waals surface area contributed by atoms with Crippen LogP contribution in [0.5, 0.6) is 0 Å². The fraction of sp³-hybridized carbons (Fsp3) is 0.556. The number of benzene rings is 1. The summed E-state index contributed by atoms with van der Waals surface area (Å²) in [5.74, 6) is -0.599. The van der Waals surface area contributed by atoms with Gasteiger partial charge in [0.25, 0.3) is 0 Å².